The van der Waals surface area contributed by atoms with Crippen molar-refractivity contribution in [3.05, 3.63) is 41.8 Å². The molecule has 0 saturated heterocycles. The zero-order valence-electron chi connectivity index (χ0n) is 12.4. The van der Waals surface area contributed by atoms with Crippen LogP contribution in [0.5, 0.6) is 0 Å². The van der Waals surface area contributed by atoms with Crippen molar-refractivity contribution in [3.63, 3.8) is 0 Å². The molecule has 0 aliphatic carbocycles. The van der Waals surface area contributed by atoms with Gasteiger partial charge in [-0.1, -0.05) is 6.07 Å². The number of aliphatic carboxylic acids is 1. The van der Waals surface area contributed by atoms with Crippen molar-refractivity contribution in [1.82, 2.24) is 9.88 Å². The van der Waals surface area contributed by atoms with Gasteiger partial charge in [-0.05, 0) is 32.0 Å². The third kappa shape index (κ3) is 3.39. The molecule has 5 nitrogen and oxygen atoms in total. The predicted octanol–water partition coefficient (Wildman–Crippen LogP) is 2.70. The molecule has 2 rings (SSSR count). The first-order valence-electron chi connectivity index (χ1n) is 6.97. The second-order valence-electron chi connectivity index (χ2n) is 5.26. The molecule has 22 heavy (non-hydrogen) atoms. The fourth-order valence-electron chi connectivity index (χ4n) is 2.28. The summed E-state index contributed by atoms with van der Waals surface area (Å²) in [6.07, 6.45) is 1.37. The summed E-state index contributed by atoms with van der Waals surface area (Å²) in [5, 5.41) is 9.34. The molecule has 0 radical (unpaired) electrons. The van der Waals surface area contributed by atoms with E-state index in [-0.39, 0.29) is 24.6 Å². The third-order valence-electron chi connectivity index (χ3n) is 3.35. The molecule has 1 aromatic carbocycles. The van der Waals surface area contributed by atoms with Gasteiger partial charge in [0, 0.05) is 24.2 Å². The molecule has 0 fully saturated rings. The lowest BCUT2D eigenvalue weighted by Gasteiger charge is -2.26. The van der Waals surface area contributed by atoms with Crippen molar-refractivity contribution >= 4 is 22.8 Å². The van der Waals surface area contributed by atoms with Crippen molar-refractivity contribution in [1.29, 1.82) is 0 Å². The van der Waals surface area contributed by atoms with E-state index in [0.29, 0.717) is 10.9 Å². The summed E-state index contributed by atoms with van der Waals surface area (Å²) in [4.78, 5) is 29.0. The van der Waals surface area contributed by atoms with E-state index < -0.39 is 17.7 Å². The summed E-state index contributed by atoms with van der Waals surface area (Å²) in [6.45, 7) is 3.64. The number of hydrogen-bond acceptors (Lipinski definition) is 3. The fourth-order valence-corrected chi connectivity index (χ4v) is 2.28. The lowest BCUT2D eigenvalue weighted by atomic mass is 10.1. The SMILES string of the molecule is CC(C)N(CCC(=O)O)C(=O)c1cc(F)cc2cccnc12. The number of nitrogens with zero attached hydrogens (tertiary/aromatic N) is 2. The first-order chi connectivity index (χ1) is 10.4. The highest BCUT2D eigenvalue weighted by atomic mass is 19.1. The van der Waals surface area contributed by atoms with Gasteiger partial charge in [0.15, 0.2) is 0 Å². The quantitative estimate of drug-likeness (QED) is 0.922. The number of carbonyl (C=O) groups excluding carboxylic acids is 1. The molecule has 1 aromatic heterocycles. The lowest BCUT2D eigenvalue weighted by molar-refractivity contribution is -0.137. The Bertz CT molecular complexity index is 716. The van der Waals surface area contributed by atoms with Crippen LogP contribution in [0.1, 0.15) is 30.6 Å². The highest BCUT2D eigenvalue weighted by Crippen LogP contribution is 2.21. The molecule has 0 aliphatic rings. The zero-order chi connectivity index (χ0) is 16.3. The van der Waals surface area contributed by atoms with Crippen molar-refractivity contribution < 1.29 is 19.1 Å². The Hall–Kier alpha value is -2.50. The molecule has 0 atom stereocenters. The van der Waals surface area contributed by atoms with Crippen LogP contribution in [0.2, 0.25) is 0 Å². The number of benzene rings is 1. The van der Waals surface area contributed by atoms with E-state index in [1.54, 1.807) is 26.0 Å². The van der Waals surface area contributed by atoms with Gasteiger partial charge in [-0.15, -0.1) is 0 Å². The number of halogens is 1. The van der Waals surface area contributed by atoms with E-state index in [1.807, 2.05) is 0 Å². The minimum Gasteiger partial charge on any atom is -0.481 e. The van der Waals surface area contributed by atoms with E-state index in [4.69, 9.17) is 5.11 Å². The largest absolute Gasteiger partial charge is 0.481 e. The van der Waals surface area contributed by atoms with Gasteiger partial charge in [0.05, 0.1) is 17.5 Å². The molecule has 116 valence electrons. The summed E-state index contributed by atoms with van der Waals surface area (Å²) < 4.78 is 13.7. The molecule has 0 aliphatic heterocycles. The normalized spacial score (nSPS) is 10.9. The molecule has 6 heteroatoms. The number of fused-ring (bicyclic) bond motifs is 1. The molecular formula is C16H17FN2O3. The molecule has 0 spiro atoms. The standard InChI is InChI=1S/C16H17FN2O3/c1-10(2)19(7-5-14(20)21)16(22)13-9-12(17)8-11-4-3-6-18-15(11)13/h3-4,6,8-10H,5,7H2,1-2H3,(H,20,21). The Morgan fingerprint density at radius 3 is 2.73 bits per heavy atom. The molecule has 0 bridgehead atoms. The Kier molecular flexibility index (Phi) is 4.70. The fraction of sp³-hybridized carbons (Fsp3) is 0.312. The van der Waals surface area contributed by atoms with Gasteiger partial charge in [-0.25, -0.2) is 4.39 Å². The molecule has 1 N–H and O–H groups in total. The van der Waals surface area contributed by atoms with E-state index in [1.165, 1.54) is 17.2 Å². The highest BCUT2D eigenvalue weighted by molar-refractivity contribution is 6.05. The van der Waals surface area contributed by atoms with Crippen molar-refractivity contribution in [3.8, 4) is 0 Å². The third-order valence-corrected chi connectivity index (χ3v) is 3.35. The molecule has 0 saturated carbocycles. The maximum atomic E-state index is 13.7. The number of carboxylic acids is 1. The second-order valence-corrected chi connectivity index (χ2v) is 5.26. The van der Waals surface area contributed by atoms with Crippen molar-refractivity contribution in [2.24, 2.45) is 0 Å². The van der Waals surface area contributed by atoms with Gasteiger partial charge in [0.2, 0.25) is 0 Å². The number of aromatic nitrogens is 1. The first-order valence-corrected chi connectivity index (χ1v) is 6.97. The van der Waals surface area contributed by atoms with Crippen LogP contribution in [0.3, 0.4) is 0 Å². The molecular weight excluding hydrogens is 287 g/mol. The van der Waals surface area contributed by atoms with Crippen LogP contribution in [0.25, 0.3) is 10.9 Å². The van der Waals surface area contributed by atoms with Gasteiger partial charge in [0.1, 0.15) is 5.82 Å². The van der Waals surface area contributed by atoms with Gasteiger partial charge in [0.25, 0.3) is 5.91 Å². The van der Waals surface area contributed by atoms with E-state index in [0.717, 1.165) is 6.07 Å². The molecule has 1 amide bonds. The predicted molar refractivity (Wildman–Crippen MR) is 80.1 cm³/mol. The Morgan fingerprint density at radius 2 is 2.09 bits per heavy atom. The van der Waals surface area contributed by atoms with E-state index in [2.05, 4.69) is 4.98 Å². The van der Waals surface area contributed by atoms with Gasteiger partial charge in [-0.3, -0.25) is 14.6 Å². The monoisotopic (exact) mass is 304 g/mol. The van der Waals surface area contributed by atoms with Gasteiger partial charge < -0.3 is 10.0 Å². The summed E-state index contributed by atoms with van der Waals surface area (Å²) in [7, 11) is 0. The number of carbonyl (C=O) groups is 2. The average molecular weight is 304 g/mol. The van der Waals surface area contributed by atoms with Crippen LogP contribution in [-0.4, -0.2) is 39.5 Å². The summed E-state index contributed by atoms with van der Waals surface area (Å²) in [6, 6.07) is 5.61. The van der Waals surface area contributed by atoms with Crippen LogP contribution in [0.15, 0.2) is 30.5 Å². The summed E-state index contributed by atoms with van der Waals surface area (Å²) in [5.41, 5.74) is 0.560. The van der Waals surface area contributed by atoms with Crippen molar-refractivity contribution in [2.75, 3.05) is 6.54 Å². The lowest BCUT2D eigenvalue weighted by Crippen LogP contribution is -2.38. The van der Waals surface area contributed by atoms with E-state index in [9.17, 15) is 14.0 Å². The zero-order valence-corrected chi connectivity index (χ0v) is 12.4. The Morgan fingerprint density at radius 1 is 1.36 bits per heavy atom. The number of pyridine rings is 1. The number of hydrogen-bond donors (Lipinski definition) is 1. The second kappa shape index (κ2) is 6.51. The van der Waals surface area contributed by atoms with Crippen LogP contribution in [0, 0.1) is 5.82 Å². The summed E-state index contributed by atoms with van der Waals surface area (Å²) in [5.74, 6) is -1.93. The molecule has 2 aromatic rings. The van der Waals surface area contributed by atoms with E-state index >= 15 is 0 Å². The maximum Gasteiger partial charge on any atom is 0.305 e. The number of carboxylic acid groups (broad SMARTS) is 1. The van der Waals surface area contributed by atoms with Crippen LogP contribution in [-0.2, 0) is 4.79 Å². The van der Waals surface area contributed by atoms with Crippen LogP contribution >= 0.6 is 0 Å². The maximum absolute atomic E-state index is 13.7. The minimum absolute atomic E-state index is 0.0661. The molecule has 1 heterocycles. The first kappa shape index (κ1) is 15.9. The highest BCUT2D eigenvalue weighted by Gasteiger charge is 2.22. The van der Waals surface area contributed by atoms with Gasteiger partial charge in [-0.2, -0.15) is 0 Å². The van der Waals surface area contributed by atoms with Gasteiger partial charge >= 0.3 is 5.97 Å². The minimum atomic E-state index is -0.985. The number of rotatable bonds is 5. The Balaban J connectivity index is 2.44. The average Bonchev–Trinajstić information content (AvgIpc) is 2.45. The smallest absolute Gasteiger partial charge is 0.305 e. The van der Waals surface area contributed by atoms with Crippen LogP contribution < -0.4 is 0 Å². The Labute approximate surface area is 127 Å². The molecule has 0 unspecified atom stereocenters. The topological polar surface area (TPSA) is 70.5 Å². The van der Waals surface area contributed by atoms with Crippen LogP contribution in [0.4, 0.5) is 4.39 Å². The number of amides is 1. The summed E-state index contributed by atoms with van der Waals surface area (Å²) >= 11 is 0. The van der Waals surface area contributed by atoms with Crippen molar-refractivity contribution in [2.45, 2.75) is 26.3 Å².